The number of piperidine rings is 1. The lowest BCUT2D eigenvalue weighted by atomic mass is 9.91. The van der Waals surface area contributed by atoms with Gasteiger partial charge >= 0.3 is 5.97 Å². The van der Waals surface area contributed by atoms with Gasteiger partial charge in [-0.3, -0.25) is 4.79 Å². The highest BCUT2D eigenvalue weighted by molar-refractivity contribution is 5.80. The van der Waals surface area contributed by atoms with Gasteiger partial charge in [0.05, 0.1) is 20.1 Å². The van der Waals surface area contributed by atoms with E-state index in [1.54, 1.807) is 13.2 Å². The Balaban J connectivity index is 1.22. The highest BCUT2D eigenvalue weighted by Crippen LogP contribution is 2.45. The molecule has 2 aliphatic rings. The minimum Gasteiger partial charge on any atom is -0.497 e. The lowest BCUT2D eigenvalue weighted by Crippen LogP contribution is -2.35. The minimum absolute atomic E-state index is 0.0656. The molecule has 1 aliphatic carbocycles. The SMILES string of the molecule is COc1ccc(-c2ccccc2F)c(N2CCC(COc3cccc([C@@H](CC(=O)O)C4CC4)c3)CC2)c1. The summed E-state index contributed by atoms with van der Waals surface area (Å²) in [5.74, 6) is 1.55. The van der Waals surface area contributed by atoms with Crippen molar-refractivity contribution in [2.24, 2.45) is 11.8 Å². The number of benzene rings is 3. The molecule has 0 bridgehead atoms. The van der Waals surface area contributed by atoms with Crippen LogP contribution in [-0.4, -0.2) is 37.9 Å². The van der Waals surface area contributed by atoms with Crippen LogP contribution in [0.3, 0.4) is 0 Å². The number of nitrogens with zero attached hydrogens (tertiary/aromatic N) is 1. The number of carboxylic acids is 1. The molecule has 0 spiro atoms. The second-order valence-electron chi connectivity index (χ2n) is 10.2. The Morgan fingerprint density at radius 3 is 2.46 bits per heavy atom. The minimum atomic E-state index is -0.746. The molecule has 37 heavy (non-hydrogen) atoms. The van der Waals surface area contributed by atoms with E-state index in [1.165, 1.54) is 6.07 Å². The van der Waals surface area contributed by atoms with E-state index in [4.69, 9.17) is 9.47 Å². The summed E-state index contributed by atoms with van der Waals surface area (Å²) in [6, 6.07) is 20.7. The molecule has 2 fully saturated rings. The topological polar surface area (TPSA) is 59.0 Å². The molecule has 0 aromatic heterocycles. The summed E-state index contributed by atoms with van der Waals surface area (Å²) in [5.41, 5.74) is 3.52. The number of aliphatic carboxylic acids is 1. The van der Waals surface area contributed by atoms with Crippen LogP contribution in [0.25, 0.3) is 11.1 Å². The summed E-state index contributed by atoms with van der Waals surface area (Å²) in [5, 5.41) is 9.33. The molecule has 1 saturated heterocycles. The molecule has 6 heteroatoms. The van der Waals surface area contributed by atoms with Gasteiger partial charge in [0.1, 0.15) is 17.3 Å². The number of halogens is 1. The Morgan fingerprint density at radius 2 is 1.76 bits per heavy atom. The number of anilines is 1. The first-order chi connectivity index (χ1) is 18.0. The molecule has 0 radical (unpaired) electrons. The lowest BCUT2D eigenvalue weighted by molar-refractivity contribution is -0.137. The quantitative estimate of drug-likeness (QED) is 0.331. The van der Waals surface area contributed by atoms with E-state index in [0.29, 0.717) is 24.0 Å². The van der Waals surface area contributed by atoms with Crippen LogP contribution in [0.2, 0.25) is 0 Å². The van der Waals surface area contributed by atoms with Crippen molar-refractivity contribution in [1.82, 2.24) is 0 Å². The number of methoxy groups -OCH3 is 1. The molecule has 5 rings (SSSR count). The third-order valence-corrected chi connectivity index (χ3v) is 7.68. The average molecular weight is 504 g/mol. The van der Waals surface area contributed by atoms with Gasteiger partial charge < -0.3 is 19.5 Å². The molecule has 0 amide bonds. The van der Waals surface area contributed by atoms with Crippen molar-refractivity contribution in [3.05, 3.63) is 78.1 Å². The number of rotatable bonds is 10. The predicted molar refractivity (Wildman–Crippen MR) is 143 cm³/mol. The van der Waals surface area contributed by atoms with E-state index < -0.39 is 5.97 Å². The van der Waals surface area contributed by atoms with E-state index in [0.717, 1.165) is 67.1 Å². The molecular weight excluding hydrogens is 469 g/mol. The summed E-state index contributed by atoms with van der Waals surface area (Å²) in [6.45, 7) is 2.33. The van der Waals surface area contributed by atoms with Crippen molar-refractivity contribution in [2.75, 3.05) is 31.7 Å². The molecular formula is C31H34FNO4. The van der Waals surface area contributed by atoms with Gasteiger partial charge in [0.25, 0.3) is 0 Å². The number of carbonyl (C=O) groups is 1. The fourth-order valence-electron chi connectivity index (χ4n) is 5.44. The largest absolute Gasteiger partial charge is 0.497 e. The van der Waals surface area contributed by atoms with Crippen molar-refractivity contribution in [3.8, 4) is 22.6 Å². The van der Waals surface area contributed by atoms with E-state index in [1.807, 2.05) is 54.6 Å². The average Bonchev–Trinajstić information content (AvgIpc) is 3.76. The fraction of sp³-hybridized carbons (Fsp3) is 0.387. The Bertz CT molecular complexity index is 1230. The first-order valence-electron chi connectivity index (χ1n) is 13.1. The zero-order valence-electron chi connectivity index (χ0n) is 21.2. The Hall–Kier alpha value is -3.54. The van der Waals surface area contributed by atoms with Crippen LogP contribution in [-0.2, 0) is 4.79 Å². The first kappa shape index (κ1) is 25.1. The third-order valence-electron chi connectivity index (χ3n) is 7.68. The van der Waals surface area contributed by atoms with E-state index in [-0.39, 0.29) is 18.2 Å². The molecule has 1 N–H and O–H groups in total. The molecule has 1 saturated carbocycles. The highest BCUT2D eigenvalue weighted by atomic mass is 19.1. The molecule has 1 heterocycles. The fourth-order valence-corrected chi connectivity index (χ4v) is 5.44. The maximum absolute atomic E-state index is 14.6. The second kappa shape index (κ2) is 11.2. The summed E-state index contributed by atoms with van der Waals surface area (Å²) in [6.07, 6.45) is 4.32. The molecule has 1 aliphatic heterocycles. The Labute approximate surface area is 217 Å². The predicted octanol–water partition coefficient (Wildman–Crippen LogP) is 6.77. The van der Waals surface area contributed by atoms with E-state index in [9.17, 15) is 14.3 Å². The smallest absolute Gasteiger partial charge is 0.303 e. The number of ether oxygens (including phenoxy) is 2. The third kappa shape index (κ3) is 6.07. The molecule has 5 nitrogen and oxygen atoms in total. The highest BCUT2D eigenvalue weighted by Gasteiger charge is 2.34. The van der Waals surface area contributed by atoms with Crippen molar-refractivity contribution >= 4 is 11.7 Å². The molecule has 1 atom stereocenters. The number of hydrogen-bond acceptors (Lipinski definition) is 4. The van der Waals surface area contributed by atoms with Crippen LogP contribution < -0.4 is 14.4 Å². The van der Waals surface area contributed by atoms with Crippen LogP contribution in [0.1, 0.15) is 43.6 Å². The van der Waals surface area contributed by atoms with Crippen molar-refractivity contribution in [2.45, 2.75) is 38.0 Å². The first-order valence-corrected chi connectivity index (χ1v) is 13.1. The van der Waals surface area contributed by atoms with Gasteiger partial charge in [-0.05, 0) is 79.3 Å². The second-order valence-corrected chi connectivity index (χ2v) is 10.2. The Morgan fingerprint density at radius 1 is 0.973 bits per heavy atom. The normalized spacial score (nSPS) is 16.9. The van der Waals surface area contributed by atoms with E-state index >= 15 is 0 Å². The van der Waals surface area contributed by atoms with Gasteiger partial charge in [0.15, 0.2) is 0 Å². The van der Waals surface area contributed by atoms with E-state index in [2.05, 4.69) is 4.90 Å². The number of carboxylic acid groups (broad SMARTS) is 1. The summed E-state index contributed by atoms with van der Waals surface area (Å²) < 4.78 is 26.3. The van der Waals surface area contributed by atoms with Crippen LogP contribution in [0.5, 0.6) is 11.5 Å². The monoisotopic (exact) mass is 503 g/mol. The Kier molecular flexibility index (Phi) is 7.63. The molecule has 0 unspecified atom stereocenters. The van der Waals surface area contributed by atoms with Gasteiger partial charge in [-0.25, -0.2) is 4.39 Å². The lowest BCUT2D eigenvalue weighted by Gasteiger charge is -2.35. The van der Waals surface area contributed by atoms with Crippen molar-refractivity contribution < 1.29 is 23.8 Å². The van der Waals surface area contributed by atoms with Crippen LogP contribution in [0.4, 0.5) is 10.1 Å². The maximum Gasteiger partial charge on any atom is 0.303 e. The van der Waals surface area contributed by atoms with Gasteiger partial charge in [-0.15, -0.1) is 0 Å². The van der Waals surface area contributed by atoms with Crippen LogP contribution in [0.15, 0.2) is 66.7 Å². The van der Waals surface area contributed by atoms with Gasteiger partial charge in [0.2, 0.25) is 0 Å². The molecule has 194 valence electrons. The molecule has 3 aromatic carbocycles. The van der Waals surface area contributed by atoms with Gasteiger partial charge in [0, 0.05) is 36.0 Å². The zero-order valence-corrected chi connectivity index (χ0v) is 21.2. The molecule has 3 aromatic rings. The van der Waals surface area contributed by atoms with Gasteiger partial charge in [-0.2, -0.15) is 0 Å². The number of hydrogen-bond donors (Lipinski definition) is 1. The van der Waals surface area contributed by atoms with Crippen molar-refractivity contribution in [1.29, 1.82) is 0 Å². The summed E-state index contributed by atoms with van der Waals surface area (Å²) in [7, 11) is 1.65. The summed E-state index contributed by atoms with van der Waals surface area (Å²) in [4.78, 5) is 13.7. The van der Waals surface area contributed by atoms with Crippen LogP contribution in [0, 0.1) is 17.7 Å². The van der Waals surface area contributed by atoms with Crippen molar-refractivity contribution in [3.63, 3.8) is 0 Å². The maximum atomic E-state index is 14.6. The standard InChI is InChI=1S/C31H34FNO4/c1-36-24-11-12-27(26-7-2-3-8-29(26)32)30(18-24)33-15-13-21(14-16-33)20-37-25-6-4-5-23(17-25)28(19-31(34)35)22-9-10-22/h2-8,11-12,17-18,21-22,28H,9-10,13-16,19-20H2,1H3,(H,34,35)/t28-/m0/s1. The summed E-state index contributed by atoms with van der Waals surface area (Å²) >= 11 is 0. The zero-order chi connectivity index (χ0) is 25.8. The van der Waals surface area contributed by atoms with Gasteiger partial charge in [-0.1, -0.05) is 30.3 Å². The van der Waals surface area contributed by atoms with Crippen LogP contribution >= 0.6 is 0 Å².